The van der Waals surface area contributed by atoms with Crippen LogP contribution < -0.4 is 14.4 Å². The molecule has 42 heavy (non-hydrogen) atoms. The summed E-state index contributed by atoms with van der Waals surface area (Å²) in [5.74, 6) is 1.07. The van der Waals surface area contributed by atoms with Crippen molar-refractivity contribution in [2.45, 2.75) is 19.5 Å². The number of benzene rings is 3. The van der Waals surface area contributed by atoms with Crippen LogP contribution in [0.1, 0.15) is 26.6 Å². The van der Waals surface area contributed by atoms with Gasteiger partial charge in [0.1, 0.15) is 16.5 Å². The number of nitrogens with zero attached hydrogens (tertiary/aromatic N) is 4. The minimum atomic E-state index is -0.258. The second-order valence-corrected chi connectivity index (χ2v) is 11.5. The second-order valence-electron chi connectivity index (χ2n) is 10.1. The van der Waals surface area contributed by atoms with Gasteiger partial charge < -0.3 is 19.3 Å². The van der Waals surface area contributed by atoms with Gasteiger partial charge in [-0.1, -0.05) is 41.9 Å². The van der Waals surface area contributed by atoms with E-state index in [4.69, 9.17) is 26.1 Å². The highest BCUT2D eigenvalue weighted by atomic mass is 35.5. The van der Waals surface area contributed by atoms with Crippen LogP contribution in [-0.2, 0) is 19.5 Å². The summed E-state index contributed by atoms with van der Waals surface area (Å²) in [6.45, 7) is 4.59. The van der Waals surface area contributed by atoms with Crippen LogP contribution in [-0.4, -0.2) is 67.6 Å². The van der Waals surface area contributed by atoms with Gasteiger partial charge in [0.15, 0.2) is 11.5 Å². The first-order valence-corrected chi connectivity index (χ1v) is 15.1. The van der Waals surface area contributed by atoms with Gasteiger partial charge >= 0.3 is 0 Å². The van der Waals surface area contributed by atoms with Crippen LogP contribution in [0.3, 0.4) is 0 Å². The number of carbonyl (C=O) groups is 1. The molecule has 1 amide bonds. The average molecular weight is 609 g/mol. The molecule has 7 nitrogen and oxygen atoms in total. The largest absolute Gasteiger partial charge is 0.493 e. The van der Waals surface area contributed by atoms with Gasteiger partial charge in [0.05, 0.1) is 31.5 Å². The fraction of sp³-hybridized carbons (Fsp3) is 0.312. The van der Waals surface area contributed by atoms with E-state index < -0.39 is 0 Å². The second kappa shape index (κ2) is 14.0. The van der Waals surface area contributed by atoms with E-state index in [-0.39, 0.29) is 11.7 Å². The minimum Gasteiger partial charge on any atom is -0.493 e. The zero-order valence-electron chi connectivity index (χ0n) is 23.8. The number of amides is 1. The lowest BCUT2D eigenvalue weighted by Gasteiger charge is -2.36. The molecule has 1 fully saturated rings. The van der Waals surface area contributed by atoms with Crippen molar-refractivity contribution in [3.05, 3.63) is 105 Å². The van der Waals surface area contributed by atoms with Gasteiger partial charge in [-0.15, -0.1) is 11.3 Å². The number of halogens is 2. The van der Waals surface area contributed by atoms with Crippen LogP contribution in [0.15, 0.2) is 72.1 Å². The van der Waals surface area contributed by atoms with Gasteiger partial charge in [-0.25, -0.2) is 9.37 Å². The number of piperazine rings is 1. The van der Waals surface area contributed by atoms with E-state index in [0.717, 1.165) is 39.8 Å². The smallest absolute Gasteiger partial charge is 0.273 e. The maximum absolute atomic E-state index is 13.5. The van der Waals surface area contributed by atoms with Gasteiger partial charge in [0.25, 0.3) is 5.91 Å². The number of methoxy groups -OCH3 is 2. The maximum Gasteiger partial charge on any atom is 0.273 e. The van der Waals surface area contributed by atoms with Crippen LogP contribution in [0.4, 0.5) is 10.1 Å². The number of hydrogen-bond donors (Lipinski definition) is 0. The Bertz CT molecular complexity index is 1490. The molecule has 1 saturated heterocycles. The van der Waals surface area contributed by atoms with E-state index in [0.29, 0.717) is 56.5 Å². The summed E-state index contributed by atoms with van der Waals surface area (Å²) >= 11 is 7.87. The molecule has 0 saturated carbocycles. The van der Waals surface area contributed by atoms with E-state index in [1.807, 2.05) is 52.7 Å². The van der Waals surface area contributed by atoms with Gasteiger partial charge in [-0.05, 0) is 53.9 Å². The molecule has 10 heteroatoms. The van der Waals surface area contributed by atoms with E-state index in [9.17, 15) is 9.18 Å². The van der Waals surface area contributed by atoms with Gasteiger partial charge in [0, 0.05) is 44.6 Å². The molecular formula is C32H34ClFN4O3S. The topological polar surface area (TPSA) is 58.1 Å². The van der Waals surface area contributed by atoms with Gasteiger partial charge in [-0.3, -0.25) is 9.69 Å². The molecule has 3 aromatic carbocycles. The first kappa shape index (κ1) is 29.8. The summed E-state index contributed by atoms with van der Waals surface area (Å²) in [7, 11) is 3.25. The van der Waals surface area contributed by atoms with Gasteiger partial charge in [0.2, 0.25) is 0 Å². The number of carbonyl (C=O) groups excluding carboxylic acids is 1. The number of ether oxygens (including phenoxy) is 2. The Hall–Kier alpha value is -3.66. The van der Waals surface area contributed by atoms with Crippen molar-refractivity contribution in [2.75, 3.05) is 51.8 Å². The fourth-order valence-electron chi connectivity index (χ4n) is 5.08. The molecule has 0 atom stereocenters. The monoisotopic (exact) mass is 608 g/mol. The third-order valence-electron chi connectivity index (χ3n) is 7.37. The van der Waals surface area contributed by atoms with Crippen molar-refractivity contribution < 1.29 is 18.7 Å². The molecule has 5 rings (SSSR count). The number of para-hydroxylation sites is 1. The molecule has 2 heterocycles. The van der Waals surface area contributed by atoms with Crippen LogP contribution in [0.2, 0.25) is 5.02 Å². The zero-order chi connectivity index (χ0) is 29.5. The third kappa shape index (κ3) is 7.40. The molecule has 1 aliphatic heterocycles. The highest BCUT2D eigenvalue weighted by Crippen LogP contribution is 2.29. The van der Waals surface area contributed by atoms with E-state index >= 15 is 0 Å². The van der Waals surface area contributed by atoms with Crippen LogP contribution in [0.25, 0.3) is 0 Å². The molecule has 0 bridgehead atoms. The zero-order valence-corrected chi connectivity index (χ0v) is 25.3. The summed E-state index contributed by atoms with van der Waals surface area (Å²) in [6.07, 6.45) is 0.772. The molecule has 0 spiro atoms. The lowest BCUT2D eigenvalue weighted by atomic mass is 10.1. The summed E-state index contributed by atoms with van der Waals surface area (Å²) in [5.41, 5.74) is 3.59. The van der Waals surface area contributed by atoms with E-state index in [2.05, 4.69) is 9.80 Å². The first-order chi connectivity index (χ1) is 20.4. The number of hydrogen-bond acceptors (Lipinski definition) is 7. The van der Waals surface area contributed by atoms with Crippen molar-refractivity contribution in [1.82, 2.24) is 14.8 Å². The van der Waals surface area contributed by atoms with E-state index in [1.165, 1.54) is 23.5 Å². The Kier molecular flexibility index (Phi) is 9.94. The highest BCUT2D eigenvalue weighted by Gasteiger charge is 2.25. The fourth-order valence-corrected chi connectivity index (χ4v) is 6.14. The molecule has 4 aromatic rings. The minimum absolute atomic E-state index is 0.0493. The summed E-state index contributed by atoms with van der Waals surface area (Å²) in [5, 5.41) is 3.43. The Morgan fingerprint density at radius 1 is 0.952 bits per heavy atom. The SMILES string of the molecule is COc1ccc(CCN(Cc2ccc(F)cc2)Cc2nc(C(=O)N3CCN(c4ccccc4Cl)CC3)cs2)cc1OC. The van der Waals surface area contributed by atoms with Crippen LogP contribution >= 0.6 is 22.9 Å². The Labute approximate surface area is 255 Å². The molecule has 0 radical (unpaired) electrons. The predicted molar refractivity (Wildman–Crippen MR) is 165 cm³/mol. The van der Waals surface area contributed by atoms with Crippen molar-refractivity contribution >= 4 is 34.5 Å². The lowest BCUT2D eigenvalue weighted by molar-refractivity contribution is 0.0741. The third-order valence-corrected chi connectivity index (χ3v) is 8.53. The van der Waals surface area contributed by atoms with Crippen molar-refractivity contribution in [3.8, 4) is 11.5 Å². The lowest BCUT2D eigenvalue weighted by Crippen LogP contribution is -2.49. The van der Waals surface area contributed by atoms with E-state index in [1.54, 1.807) is 26.4 Å². The molecule has 220 valence electrons. The first-order valence-electron chi connectivity index (χ1n) is 13.8. The van der Waals surface area contributed by atoms with Crippen molar-refractivity contribution in [1.29, 1.82) is 0 Å². The predicted octanol–water partition coefficient (Wildman–Crippen LogP) is 6.16. The Balaban J connectivity index is 1.23. The van der Waals surface area contributed by atoms with Crippen molar-refractivity contribution in [2.24, 2.45) is 0 Å². The highest BCUT2D eigenvalue weighted by molar-refractivity contribution is 7.09. The number of rotatable bonds is 11. The van der Waals surface area contributed by atoms with Gasteiger partial charge in [-0.2, -0.15) is 0 Å². The normalized spacial score (nSPS) is 13.5. The molecule has 0 unspecified atom stereocenters. The molecule has 0 aliphatic carbocycles. The summed E-state index contributed by atoms with van der Waals surface area (Å²) in [4.78, 5) is 24.4. The average Bonchev–Trinajstić information content (AvgIpc) is 3.49. The molecular weight excluding hydrogens is 575 g/mol. The summed E-state index contributed by atoms with van der Waals surface area (Å²) < 4.78 is 24.4. The van der Waals surface area contributed by atoms with Crippen LogP contribution in [0.5, 0.6) is 11.5 Å². The Morgan fingerprint density at radius 3 is 2.38 bits per heavy atom. The molecule has 1 aliphatic rings. The number of thiazole rings is 1. The number of anilines is 1. The summed E-state index contributed by atoms with van der Waals surface area (Å²) in [6, 6.07) is 20.3. The standard InChI is InChI=1S/C32H34ClFN4O3S/c1-40-29-12-9-23(19-30(29)41-2)13-14-36(20-24-7-10-25(34)11-8-24)21-31-35-27(22-42-31)32(39)38-17-15-37(16-18-38)28-6-4-3-5-26(28)33/h3-12,19,22H,13-18,20-21H2,1-2H3. The maximum atomic E-state index is 13.5. The number of aromatic nitrogens is 1. The quantitative estimate of drug-likeness (QED) is 0.203. The molecule has 0 N–H and O–H groups in total. The van der Waals surface area contributed by atoms with Crippen molar-refractivity contribution in [3.63, 3.8) is 0 Å². The molecule has 1 aromatic heterocycles. The van der Waals surface area contributed by atoms with Crippen LogP contribution in [0, 0.1) is 5.82 Å². The Morgan fingerprint density at radius 2 is 1.67 bits per heavy atom.